The maximum Gasteiger partial charge on any atom is 0.573 e. The van der Waals surface area contributed by atoms with Gasteiger partial charge < -0.3 is 40.1 Å². The van der Waals surface area contributed by atoms with Gasteiger partial charge in [-0.05, 0) is 78.9 Å². The van der Waals surface area contributed by atoms with Crippen LogP contribution in [0.25, 0.3) is 32.3 Å². The number of aliphatic hydroxyl groups is 3. The SMILES string of the molecule is C=C(O)CSc1cc(NS(=O)(=O)c2ccc(C(F)(F)F)cc2)c2ccccc2c1O.C=C(O)CSc1cc(NS(=O)(=O)c2ccc(OC(F)(F)F)cc2)c2ccccc2c1O.C=C(O)CSc1cc(NS(=O)(=O)c2cccc(OC(F)(F)F)c2)c2ccccc2c1O. The van der Waals surface area contributed by atoms with Gasteiger partial charge in [-0.1, -0.05) is 98.6 Å². The van der Waals surface area contributed by atoms with Gasteiger partial charge in [0.15, 0.2) is 0 Å². The zero-order valence-corrected chi connectivity index (χ0v) is 51.5. The van der Waals surface area contributed by atoms with Crippen LogP contribution >= 0.6 is 35.3 Å². The number of anilines is 3. The van der Waals surface area contributed by atoms with E-state index in [0.717, 1.165) is 95.9 Å². The van der Waals surface area contributed by atoms with E-state index < -0.39 is 70.9 Å². The fourth-order valence-corrected chi connectivity index (χ4v) is 13.7. The quantitative estimate of drug-likeness (QED) is 0.0148. The van der Waals surface area contributed by atoms with Crippen molar-refractivity contribution >= 4 is 115 Å². The third-order valence-electron chi connectivity index (χ3n) is 12.1. The molecule has 0 aliphatic heterocycles. The van der Waals surface area contributed by atoms with Crippen LogP contribution in [0, 0.1) is 0 Å². The second-order valence-electron chi connectivity index (χ2n) is 18.9. The minimum Gasteiger partial charge on any atom is -0.512 e. The number of nitrogens with one attached hydrogen (secondary N) is 3. The minimum absolute atomic E-state index is 0.0644. The number of phenolic OH excluding ortho intramolecular Hbond substituents is 3. The molecule has 0 aliphatic carbocycles. The number of fused-ring (bicyclic) bond motifs is 3. The van der Waals surface area contributed by atoms with Crippen LogP contribution in [0.5, 0.6) is 28.7 Å². The maximum absolute atomic E-state index is 12.9. The first kappa shape index (κ1) is 70.5. The molecule has 0 aromatic heterocycles. The lowest BCUT2D eigenvalue weighted by Gasteiger charge is -2.15. The Kier molecular flexibility index (Phi) is 22.0. The highest BCUT2D eigenvalue weighted by Crippen LogP contribution is 2.44. The van der Waals surface area contributed by atoms with Crippen LogP contribution in [-0.4, -0.2) is 85.9 Å². The number of hydrogen-bond donors (Lipinski definition) is 9. The lowest BCUT2D eigenvalue weighted by Crippen LogP contribution is -2.18. The topological polar surface area (TPSA) is 278 Å². The van der Waals surface area contributed by atoms with Gasteiger partial charge in [-0.2, -0.15) is 13.2 Å². The summed E-state index contributed by atoms with van der Waals surface area (Å²) in [6, 6.07) is 34.5. The predicted octanol–water partition coefficient (Wildman–Crippen LogP) is 16.3. The van der Waals surface area contributed by atoms with Crippen LogP contribution in [-0.2, 0) is 36.2 Å². The number of aliphatic hydroxyl groups excluding tert-OH is 3. The fraction of sp³-hybridized carbons (Fsp3) is 0.100. The van der Waals surface area contributed by atoms with Gasteiger partial charge in [-0.25, -0.2) is 25.3 Å². The van der Waals surface area contributed by atoms with E-state index in [9.17, 15) is 95.4 Å². The molecule has 9 aromatic carbocycles. The average molecular weight is 1400 g/mol. The molecule has 0 saturated heterocycles. The molecular weight excluding hydrogens is 1350 g/mol. The highest BCUT2D eigenvalue weighted by Gasteiger charge is 2.34. The summed E-state index contributed by atoms with van der Waals surface area (Å²) in [7, 11) is -12.7. The Morgan fingerprint density at radius 1 is 0.391 bits per heavy atom. The number of ether oxygens (including phenoxy) is 2. The van der Waals surface area contributed by atoms with Crippen molar-refractivity contribution in [2.24, 2.45) is 0 Å². The van der Waals surface area contributed by atoms with Gasteiger partial charge in [0.25, 0.3) is 30.1 Å². The number of hydrogen-bond acceptors (Lipinski definition) is 17. The summed E-state index contributed by atoms with van der Waals surface area (Å²) in [6.45, 7) is 10.1. The van der Waals surface area contributed by atoms with Gasteiger partial charge in [0.2, 0.25) is 0 Å². The molecule has 0 fully saturated rings. The molecule has 0 heterocycles. The van der Waals surface area contributed by atoms with E-state index in [2.05, 4.69) is 43.4 Å². The van der Waals surface area contributed by atoms with Crippen LogP contribution in [0.2, 0.25) is 0 Å². The summed E-state index contributed by atoms with van der Waals surface area (Å²) in [4.78, 5) is -0.178. The van der Waals surface area contributed by atoms with Crippen molar-refractivity contribution in [1.29, 1.82) is 0 Å². The molecule has 0 radical (unpaired) electrons. The molecule has 32 heteroatoms. The van der Waals surface area contributed by atoms with Gasteiger partial charge in [0, 0.05) is 38.4 Å². The Morgan fingerprint density at radius 3 is 1.01 bits per heavy atom. The van der Waals surface area contributed by atoms with Crippen molar-refractivity contribution < 1.29 is 105 Å². The average Bonchev–Trinajstić information content (AvgIpc) is 0.795. The van der Waals surface area contributed by atoms with E-state index in [1.165, 1.54) is 18.2 Å². The summed E-state index contributed by atoms with van der Waals surface area (Å²) >= 11 is 3.14. The van der Waals surface area contributed by atoms with Gasteiger partial charge in [0.05, 0.1) is 86.5 Å². The van der Waals surface area contributed by atoms with Crippen LogP contribution in [0.3, 0.4) is 0 Å². The lowest BCUT2D eigenvalue weighted by molar-refractivity contribution is -0.275. The first-order valence-electron chi connectivity index (χ1n) is 25.6. The summed E-state index contributed by atoms with van der Waals surface area (Å²) < 4.78 is 204. The van der Waals surface area contributed by atoms with E-state index in [0.29, 0.717) is 54.2 Å². The van der Waals surface area contributed by atoms with E-state index >= 15 is 0 Å². The summed E-state index contributed by atoms with van der Waals surface area (Å²) in [5.41, 5.74) is -0.578. The van der Waals surface area contributed by atoms with Crippen molar-refractivity contribution in [3.05, 3.63) is 206 Å². The molecule has 0 bridgehead atoms. The van der Waals surface area contributed by atoms with E-state index in [1.54, 1.807) is 72.8 Å². The van der Waals surface area contributed by atoms with E-state index in [1.807, 2.05) is 0 Å². The summed E-state index contributed by atoms with van der Waals surface area (Å²) in [5.74, 6) is -1.67. The second kappa shape index (κ2) is 28.7. The Balaban J connectivity index is 0.000000196. The molecule has 92 heavy (non-hydrogen) atoms. The third-order valence-corrected chi connectivity index (χ3v) is 19.5. The molecule has 0 aliphatic rings. The van der Waals surface area contributed by atoms with Crippen molar-refractivity contribution in [2.45, 2.75) is 48.3 Å². The Labute approximate surface area is 531 Å². The molecule has 9 rings (SSSR count). The lowest BCUT2D eigenvalue weighted by atomic mass is 10.1. The molecule has 0 atom stereocenters. The minimum atomic E-state index is -4.97. The third kappa shape index (κ3) is 18.8. The van der Waals surface area contributed by atoms with Gasteiger partial charge in [-0.15, -0.1) is 61.6 Å². The maximum atomic E-state index is 12.9. The molecule has 17 nitrogen and oxygen atoms in total. The number of sulfonamides is 3. The zero-order chi connectivity index (χ0) is 67.7. The van der Waals surface area contributed by atoms with Gasteiger partial charge in [-0.3, -0.25) is 14.2 Å². The van der Waals surface area contributed by atoms with E-state index in [-0.39, 0.29) is 83.5 Å². The molecule has 0 amide bonds. The molecular formula is C60H48F9N3O14S6. The second-order valence-corrected chi connectivity index (χ2v) is 27.0. The number of halogens is 9. The van der Waals surface area contributed by atoms with Crippen molar-refractivity contribution in [2.75, 3.05) is 31.4 Å². The molecule has 9 aromatic rings. The first-order chi connectivity index (χ1) is 42.9. The largest absolute Gasteiger partial charge is 0.573 e. The van der Waals surface area contributed by atoms with Crippen molar-refractivity contribution in [3.63, 3.8) is 0 Å². The molecule has 0 spiro atoms. The monoisotopic (exact) mass is 1400 g/mol. The number of alkyl halides is 9. The first-order valence-corrected chi connectivity index (χ1v) is 33.0. The number of aromatic hydroxyl groups is 3. The number of benzene rings is 9. The Bertz CT molecular complexity index is 4600. The number of rotatable bonds is 20. The van der Waals surface area contributed by atoms with Crippen LogP contribution in [0.4, 0.5) is 56.6 Å². The molecule has 486 valence electrons. The van der Waals surface area contributed by atoms with Crippen molar-refractivity contribution in [1.82, 2.24) is 0 Å². The highest BCUT2D eigenvalue weighted by molar-refractivity contribution is 8.00. The number of thioether (sulfide) groups is 3. The van der Waals surface area contributed by atoms with Crippen LogP contribution < -0.4 is 23.6 Å². The van der Waals surface area contributed by atoms with Crippen molar-refractivity contribution in [3.8, 4) is 28.7 Å². The van der Waals surface area contributed by atoms with E-state index in [4.69, 9.17) is 0 Å². The van der Waals surface area contributed by atoms with Gasteiger partial charge in [0.1, 0.15) is 28.7 Å². The smallest absolute Gasteiger partial charge is 0.512 e. The number of phenols is 3. The van der Waals surface area contributed by atoms with Crippen LogP contribution in [0.1, 0.15) is 5.56 Å². The predicted molar refractivity (Wildman–Crippen MR) is 334 cm³/mol. The van der Waals surface area contributed by atoms with Crippen LogP contribution in [0.15, 0.2) is 230 Å². The molecule has 9 N–H and O–H groups in total. The fourth-order valence-electron chi connectivity index (χ4n) is 8.16. The summed E-state index contributed by atoms with van der Waals surface area (Å²) in [6.07, 6.45) is -14.4. The highest BCUT2D eigenvalue weighted by atomic mass is 32.2. The Morgan fingerprint density at radius 2 is 0.696 bits per heavy atom. The molecule has 0 saturated carbocycles. The zero-order valence-electron chi connectivity index (χ0n) is 46.6. The normalized spacial score (nSPS) is 12.0. The summed E-state index contributed by atoms with van der Waals surface area (Å²) in [5, 5.41) is 61.8. The Hall–Kier alpha value is -8.95. The van der Waals surface area contributed by atoms with Gasteiger partial charge >= 0.3 is 18.9 Å². The standard InChI is InChI=1S/2C20H16F3NO5S2.C20H16F3NO4S2/c1-12(25)11-30-18-10-17(15-7-2-3-8-16(15)19(18)26)24-31(27,28)14-6-4-5-13(9-14)29-20(21,22)23;1-12(25)11-30-18-10-17(15-4-2-3-5-16(15)19(18)26)24-31(27,28)14-8-6-13(7-9-14)29-20(21,22)23;1-12(25)11-29-18-10-17(15-4-2-3-5-16(15)19(18)26)24-30(27,28)14-8-6-13(7-9-14)20(21,22)23/h2*2-10,24-26H,1,11H2;2-10,24-26H,1,11H2. The molecule has 0 unspecified atom stereocenters.